The zero-order chi connectivity index (χ0) is 14.5. The lowest BCUT2D eigenvalue weighted by atomic mass is 9.87. The van der Waals surface area contributed by atoms with Crippen LogP contribution in [0.1, 0.15) is 54.6 Å². The van der Waals surface area contributed by atoms with Crippen LogP contribution in [0.15, 0.2) is 29.0 Å². The predicted molar refractivity (Wildman–Crippen MR) is 89.8 cm³/mol. The Kier molecular flexibility index (Phi) is 5.38. The summed E-state index contributed by atoms with van der Waals surface area (Å²) in [6.45, 7) is 6.76. The van der Waals surface area contributed by atoms with Gasteiger partial charge in [0.1, 0.15) is 0 Å². The zero-order valence-corrected chi connectivity index (χ0v) is 13.8. The van der Waals surface area contributed by atoms with Crippen LogP contribution in [0, 0.1) is 0 Å². The highest BCUT2D eigenvalue weighted by Crippen LogP contribution is 2.31. The van der Waals surface area contributed by atoms with Gasteiger partial charge >= 0.3 is 0 Å². The van der Waals surface area contributed by atoms with E-state index in [9.17, 15) is 0 Å². The van der Waals surface area contributed by atoms with Crippen LogP contribution in [0.3, 0.4) is 0 Å². The molecule has 0 aliphatic carbocycles. The Labute approximate surface area is 127 Å². The molecule has 0 spiro atoms. The summed E-state index contributed by atoms with van der Waals surface area (Å²) in [4.78, 5) is 0. The highest BCUT2D eigenvalue weighted by molar-refractivity contribution is 7.08. The Morgan fingerprint density at radius 3 is 2.10 bits per heavy atom. The van der Waals surface area contributed by atoms with E-state index < -0.39 is 0 Å². The van der Waals surface area contributed by atoms with Crippen LogP contribution in [-0.2, 0) is 19.3 Å². The molecule has 0 saturated heterocycles. The third kappa shape index (κ3) is 2.97. The van der Waals surface area contributed by atoms with Gasteiger partial charge in [-0.3, -0.25) is 0 Å². The molecule has 0 fully saturated rings. The maximum absolute atomic E-state index is 3.51. The van der Waals surface area contributed by atoms with Crippen LogP contribution in [0.4, 0.5) is 0 Å². The fraction of sp³-hybridized carbons (Fsp3) is 0.444. The average Bonchev–Trinajstić information content (AvgIpc) is 3.01. The van der Waals surface area contributed by atoms with Crippen molar-refractivity contribution >= 4 is 11.3 Å². The van der Waals surface area contributed by atoms with E-state index in [2.05, 4.69) is 62.1 Å². The lowest BCUT2D eigenvalue weighted by Crippen LogP contribution is -2.20. The van der Waals surface area contributed by atoms with E-state index in [-0.39, 0.29) is 0 Å². The van der Waals surface area contributed by atoms with E-state index in [0.717, 1.165) is 19.3 Å². The molecule has 20 heavy (non-hydrogen) atoms. The van der Waals surface area contributed by atoms with Gasteiger partial charge in [0.25, 0.3) is 0 Å². The van der Waals surface area contributed by atoms with Crippen LogP contribution in [0.5, 0.6) is 0 Å². The molecule has 1 heterocycles. The maximum atomic E-state index is 3.51. The van der Waals surface area contributed by atoms with E-state index in [1.807, 2.05) is 0 Å². The first-order valence-corrected chi connectivity index (χ1v) is 8.53. The second kappa shape index (κ2) is 7.05. The molecule has 2 rings (SSSR count). The van der Waals surface area contributed by atoms with Gasteiger partial charge in [-0.2, -0.15) is 11.3 Å². The van der Waals surface area contributed by atoms with Crippen LogP contribution in [0.25, 0.3) is 0 Å². The third-order valence-electron chi connectivity index (χ3n) is 4.04. The van der Waals surface area contributed by atoms with Crippen molar-refractivity contribution in [2.24, 2.45) is 0 Å². The van der Waals surface area contributed by atoms with Gasteiger partial charge in [0.15, 0.2) is 0 Å². The fourth-order valence-corrected chi connectivity index (χ4v) is 3.61. The molecule has 1 atom stereocenters. The van der Waals surface area contributed by atoms with E-state index in [1.165, 1.54) is 27.8 Å². The SMILES string of the molecule is CCc1cc(CC)c(C(NC)c2ccsc2)c(CC)c1. The molecule has 0 bridgehead atoms. The second-order valence-electron chi connectivity index (χ2n) is 5.17. The monoisotopic (exact) mass is 287 g/mol. The minimum Gasteiger partial charge on any atom is -0.309 e. The van der Waals surface area contributed by atoms with Crippen molar-refractivity contribution in [1.29, 1.82) is 0 Å². The van der Waals surface area contributed by atoms with Gasteiger partial charge in [0, 0.05) is 0 Å². The third-order valence-corrected chi connectivity index (χ3v) is 4.74. The van der Waals surface area contributed by atoms with Crippen molar-refractivity contribution in [3.63, 3.8) is 0 Å². The average molecular weight is 287 g/mol. The van der Waals surface area contributed by atoms with Crippen LogP contribution < -0.4 is 5.32 Å². The zero-order valence-electron chi connectivity index (χ0n) is 13.0. The van der Waals surface area contributed by atoms with Crippen molar-refractivity contribution in [3.05, 3.63) is 56.8 Å². The summed E-state index contributed by atoms with van der Waals surface area (Å²) in [7, 11) is 2.06. The smallest absolute Gasteiger partial charge is 0.0587 e. The number of hydrogen-bond acceptors (Lipinski definition) is 2. The molecule has 0 amide bonds. The molecule has 0 aliphatic heterocycles. The molecule has 0 radical (unpaired) electrons. The fourth-order valence-electron chi connectivity index (χ4n) is 2.93. The Hall–Kier alpha value is -1.12. The summed E-state index contributed by atoms with van der Waals surface area (Å²) in [5.41, 5.74) is 7.32. The van der Waals surface area contributed by atoms with Gasteiger partial charge in [-0.15, -0.1) is 0 Å². The lowest BCUT2D eigenvalue weighted by molar-refractivity contribution is 0.677. The number of aryl methyl sites for hydroxylation is 3. The first kappa shape index (κ1) is 15.3. The minimum absolute atomic E-state index is 0.317. The van der Waals surface area contributed by atoms with Gasteiger partial charge in [0.2, 0.25) is 0 Å². The molecular formula is C18H25NS. The predicted octanol–water partition coefficient (Wildman–Crippen LogP) is 4.74. The molecular weight excluding hydrogens is 262 g/mol. The van der Waals surface area contributed by atoms with Crippen molar-refractivity contribution in [2.75, 3.05) is 7.05 Å². The highest BCUT2D eigenvalue weighted by atomic mass is 32.1. The maximum Gasteiger partial charge on any atom is 0.0587 e. The molecule has 2 aromatic rings. The quantitative estimate of drug-likeness (QED) is 0.809. The van der Waals surface area contributed by atoms with Gasteiger partial charge in [-0.25, -0.2) is 0 Å². The first-order chi connectivity index (χ1) is 9.74. The Morgan fingerprint density at radius 1 is 1.05 bits per heavy atom. The lowest BCUT2D eigenvalue weighted by Gasteiger charge is -2.23. The number of nitrogens with one attached hydrogen (secondary N) is 1. The molecule has 1 nitrogen and oxygen atoms in total. The second-order valence-corrected chi connectivity index (χ2v) is 5.95. The highest BCUT2D eigenvalue weighted by Gasteiger charge is 2.19. The minimum atomic E-state index is 0.317. The molecule has 0 saturated carbocycles. The Bertz CT molecular complexity index is 518. The van der Waals surface area contributed by atoms with Crippen LogP contribution in [0.2, 0.25) is 0 Å². The van der Waals surface area contributed by atoms with Crippen LogP contribution in [-0.4, -0.2) is 7.05 Å². The molecule has 0 aliphatic rings. The van der Waals surface area contributed by atoms with Gasteiger partial charge in [-0.05, 0) is 71.0 Å². The van der Waals surface area contributed by atoms with Crippen molar-refractivity contribution in [3.8, 4) is 0 Å². The number of rotatable bonds is 6. The molecule has 1 aromatic carbocycles. The number of hydrogen-bond donors (Lipinski definition) is 1. The van der Waals surface area contributed by atoms with Gasteiger partial charge in [-0.1, -0.05) is 32.9 Å². The van der Waals surface area contributed by atoms with Crippen molar-refractivity contribution in [2.45, 2.75) is 46.1 Å². The van der Waals surface area contributed by atoms with E-state index >= 15 is 0 Å². The molecule has 108 valence electrons. The summed E-state index contributed by atoms with van der Waals surface area (Å²) in [6.07, 6.45) is 3.31. The summed E-state index contributed by atoms with van der Waals surface area (Å²) in [5.74, 6) is 0. The number of thiophene rings is 1. The molecule has 1 N–H and O–H groups in total. The topological polar surface area (TPSA) is 12.0 Å². The molecule has 2 heteroatoms. The van der Waals surface area contributed by atoms with Gasteiger partial charge < -0.3 is 5.32 Å². The summed E-state index contributed by atoms with van der Waals surface area (Å²) in [5, 5.41) is 7.94. The summed E-state index contributed by atoms with van der Waals surface area (Å²) >= 11 is 1.77. The Morgan fingerprint density at radius 2 is 1.70 bits per heavy atom. The normalized spacial score (nSPS) is 12.6. The van der Waals surface area contributed by atoms with Gasteiger partial charge in [0.05, 0.1) is 6.04 Å². The Balaban J connectivity index is 2.58. The largest absolute Gasteiger partial charge is 0.309 e. The first-order valence-electron chi connectivity index (χ1n) is 7.58. The summed E-state index contributed by atoms with van der Waals surface area (Å²) in [6, 6.07) is 7.34. The number of benzene rings is 1. The van der Waals surface area contributed by atoms with E-state index in [0.29, 0.717) is 6.04 Å². The van der Waals surface area contributed by atoms with Crippen LogP contribution >= 0.6 is 11.3 Å². The van der Waals surface area contributed by atoms with E-state index in [1.54, 1.807) is 11.3 Å². The van der Waals surface area contributed by atoms with E-state index in [4.69, 9.17) is 0 Å². The van der Waals surface area contributed by atoms with Crippen molar-refractivity contribution < 1.29 is 0 Å². The summed E-state index contributed by atoms with van der Waals surface area (Å²) < 4.78 is 0. The molecule has 1 unspecified atom stereocenters. The molecule has 1 aromatic heterocycles. The standard InChI is InChI=1S/C18H25NS/c1-5-13-10-14(6-2)17(15(7-3)11-13)18(19-4)16-8-9-20-12-16/h8-12,18-19H,5-7H2,1-4H3. The van der Waals surface area contributed by atoms with Crippen molar-refractivity contribution in [1.82, 2.24) is 5.32 Å².